The predicted octanol–water partition coefficient (Wildman–Crippen LogP) is 3.63. The maximum absolute atomic E-state index is 11.5. The van der Waals surface area contributed by atoms with Gasteiger partial charge in [-0.15, -0.1) is 0 Å². The molecule has 0 spiro atoms. The Balaban J connectivity index is 1.61. The first-order valence-corrected chi connectivity index (χ1v) is 11.5. The third kappa shape index (κ3) is 5.42. The number of rotatable bonds is 9. The van der Waals surface area contributed by atoms with Crippen LogP contribution in [0, 0.1) is 0 Å². The van der Waals surface area contributed by atoms with Crippen LogP contribution in [-0.2, 0) is 14.3 Å². The molecule has 0 bridgehead atoms. The zero-order valence-electron chi connectivity index (χ0n) is 19.5. The summed E-state index contributed by atoms with van der Waals surface area (Å²) >= 11 is 0. The number of aromatic nitrogens is 4. The Morgan fingerprint density at radius 1 is 1.21 bits per heavy atom. The summed E-state index contributed by atoms with van der Waals surface area (Å²) in [5, 5.41) is 0. The highest BCUT2D eigenvalue weighted by Gasteiger charge is 2.21. The molecule has 1 aliphatic heterocycles. The van der Waals surface area contributed by atoms with Crippen molar-refractivity contribution in [3.63, 3.8) is 0 Å². The van der Waals surface area contributed by atoms with Gasteiger partial charge < -0.3 is 23.7 Å². The molecular weight excluding hydrogens is 422 g/mol. The highest BCUT2D eigenvalue weighted by molar-refractivity contribution is 5.88. The lowest BCUT2D eigenvalue weighted by Gasteiger charge is -2.27. The first kappa shape index (κ1) is 23.0. The predicted molar refractivity (Wildman–Crippen MR) is 126 cm³/mol. The fourth-order valence-corrected chi connectivity index (χ4v) is 3.76. The first-order valence-electron chi connectivity index (χ1n) is 11.5. The highest BCUT2D eigenvalue weighted by atomic mass is 16.5. The smallest absolute Gasteiger partial charge is 0.305 e. The average molecular weight is 454 g/mol. The van der Waals surface area contributed by atoms with Gasteiger partial charge in [-0.1, -0.05) is 12.1 Å². The van der Waals surface area contributed by atoms with Gasteiger partial charge in [0.15, 0.2) is 5.65 Å². The molecule has 3 heterocycles. The van der Waals surface area contributed by atoms with Crippen molar-refractivity contribution in [1.29, 1.82) is 0 Å². The molecule has 0 amide bonds. The van der Waals surface area contributed by atoms with E-state index >= 15 is 0 Å². The molecule has 0 unspecified atom stereocenters. The number of ether oxygens (including phenoxy) is 3. The van der Waals surface area contributed by atoms with Gasteiger partial charge in [0.2, 0.25) is 5.95 Å². The molecule has 4 rings (SSSR count). The van der Waals surface area contributed by atoms with Crippen LogP contribution in [0.3, 0.4) is 0 Å². The van der Waals surface area contributed by atoms with Gasteiger partial charge in [0.1, 0.15) is 17.0 Å². The fraction of sp³-hybridized carbons (Fsp3) is 0.500. The second-order valence-electron chi connectivity index (χ2n) is 8.17. The molecule has 9 nitrogen and oxygen atoms in total. The minimum atomic E-state index is -0.199. The summed E-state index contributed by atoms with van der Waals surface area (Å²) in [5.74, 6) is 1.21. The van der Waals surface area contributed by atoms with E-state index < -0.39 is 0 Å². The van der Waals surface area contributed by atoms with E-state index in [0.717, 1.165) is 41.3 Å². The van der Waals surface area contributed by atoms with Crippen LogP contribution >= 0.6 is 0 Å². The van der Waals surface area contributed by atoms with E-state index in [9.17, 15) is 4.79 Å². The molecular formula is C24H31N5O4. The summed E-state index contributed by atoms with van der Waals surface area (Å²) in [6.45, 7) is 9.69. The van der Waals surface area contributed by atoms with Crippen molar-refractivity contribution in [1.82, 2.24) is 19.5 Å². The van der Waals surface area contributed by atoms with Crippen LogP contribution in [0.2, 0.25) is 0 Å². The van der Waals surface area contributed by atoms with Crippen molar-refractivity contribution in [3.8, 4) is 17.0 Å². The SMILES string of the molecule is CCOC(=O)CCCOc1cccc(-c2nc(N3CCOCC3)nc3c2ncn3C(C)C)c1. The van der Waals surface area contributed by atoms with Crippen LogP contribution in [0.4, 0.5) is 5.95 Å². The van der Waals surface area contributed by atoms with Gasteiger partial charge in [0.25, 0.3) is 0 Å². The van der Waals surface area contributed by atoms with Crippen molar-refractivity contribution in [2.24, 2.45) is 0 Å². The topological polar surface area (TPSA) is 91.6 Å². The Morgan fingerprint density at radius 2 is 2.03 bits per heavy atom. The van der Waals surface area contributed by atoms with Crippen LogP contribution in [0.5, 0.6) is 5.75 Å². The number of morpholine rings is 1. The summed E-state index contributed by atoms with van der Waals surface area (Å²) in [5.41, 5.74) is 3.27. The standard InChI is InChI=1S/C24H31N5O4/c1-4-32-20(30)9-6-12-33-19-8-5-7-18(15-19)21-22-23(29(16-25-22)17(2)3)27-24(26-21)28-10-13-31-14-11-28/h5,7-8,15-17H,4,6,9-14H2,1-3H3. The van der Waals surface area contributed by atoms with Crippen molar-refractivity contribution in [3.05, 3.63) is 30.6 Å². The normalized spacial score (nSPS) is 14.1. The molecule has 0 atom stereocenters. The Kier molecular flexibility index (Phi) is 7.39. The van der Waals surface area contributed by atoms with Crippen molar-refractivity contribution < 1.29 is 19.0 Å². The van der Waals surface area contributed by atoms with E-state index in [4.69, 9.17) is 24.2 Å². The van der Waals surface area contributed by atoms with E-state index in [1.807, 2.05) is 30.6 Å². The fourth-order valence-electron chi connectivity index (χ4n) is 3.76. The molecule has 2 aromatic heterocycles. The molecule has 1 fully saturated rings. The van der Waals surface area contributed by atoms with Gasteiger partial charge in [0, 0.05) is 31.1 Å². The van der Waals surface area contributed by atoms with Crippen LogP contribution in [0.25, 0.3) is 22.4 Å². The second kappa shape index (κ2) is 10.6. The second-order valence-corrected chi connectivity index (χ2v) is 8.17. The zero-order valence-corrected chi connectivity index (χ0v) is 19.5. The lowest BCUT2D eigenvalue weighted by molar-refractivity contribution is -0.143. The van der Waals surface area contributed by atoms with Gasteiger partial charge >= 0.3 is 5.97 Å². The first-order chi connectivity index (χ1) is 16.1. The number of anilines is 1. The summed E-state index contributed by atoms with van der Waals surface area (Å²) in [7, 11) is 0. The minimum Gasteiger partial charge on any atom is -0.494 e. The monoisotopic (exact) mass is 453 g/mol. The number of fused-ring (bicyclic) bond motifs is 1. The van der Waals surface area contributed by atoms with E-state index in [-0.39, 0.29) is 12.0 Å². The zero-order chi connectivity index (χ0) is 23.2. The molecule has 1 saturated heterocycles. The van der Waals surface area contributed by atoms with E-state index in [0.29, 0.717) is 45.2 Å². The number of carbonyl (C=O) groups is 1. The van der Waals surface area contributed by atoms with Crippen LogP contribution in [-0.4, -0.2) is 65.0 Å². The third-order valence-corrected chi connectivity index (χ3v) is 5.47. The van der Waals surface area contributed by atoms with Crippen molar-refractivity contribution in [2.75, 3.05) is 44.4 Å². The lowest BCUT2D eigenvalue weighted by Crippen LogP contribution is -2.37. The van der Waals surface area contributed by atoms with Gasteiger partial charge in [-0.25, -0.2) is 9.97 Å². The molecule has 0 saturated carbocycles. The molecule has 1 aliphatic rings. The number of hydrogen-bond acceptors (Lipinski definition) is 8. The van der Waals surface area contributed by atoms with Gasteiger partial charge in [-0.3, -0.25) is 4.79 Å². The van der Waals surface area contributed by atoms with Crippen molar-refractivity contribution >= 4 is 23.1 Å². The Bertz CT molecular complexity index is 1090. The molecule has 9 heteroatoms. The summed E-state index contributed by atoms with van der Waals surface area (Å²) in [6.07, 6.45) is 2.77. The van der Waals surface area contributed by atoms with Gasteiger partial charge in [0.05, 0.1) is 32.8 Å². The largest absolute Gasteiger partial charge is 0.494 e. The Labute approximate surface area is 193 Å². The number of imidazole rings is 1. The lowest BCUT2D eigenvalue weighted by atomic mass is 10.1. The molecule has 0 N–H and O–H groups in total. The highest BCUT2D eigenvalue weighted by Crippen LogP contribution is 2.31. The molecule has 33 heavy (non-hydrogen) atoms. The average Bonchev–Trinajstić information content (AvgIpc) is 3.27. The minimum absolute atomic E-state index is 0.199. The van der Waals surface area contributed by atoms with E-state index in [2.05, 4.69) is 28.3 Å². The van der Waals surface area contributed by atoms with Gasteiger partial charge in [-0.05, 0) is 39.3 Å². The van der Waals surface area contributed by atoms with Crippen LogP contribution in [0.15, 0.2) is 30.6 Å². The summed E-state index contributed by atoms with van der Waals surface area (Å²) in [6, 6.07) is 8.04. The maximum Gasteiger partial charge on any atom is 0.305 e. The summed E-state index contributed by atoms with van der Waals surface area (Å²) in [4.78, 5) is 28.1. The van der Waals surface area contributed by atoms with Gasteiger partial charge in [-0.2, -0.15) is 4.98 Å². The number of esters is 1. The van der Waals surface area contributed by atoms with Crippen molar-refractivity contribution in [2.45, 2.75) is 39.7 Å². The Hall–Kier alpha value is -3.20. The third-order valence-electron chi connectivity index (χ3n) is 5.47. The quantitative estimate of drug-likeness (QED) is 0.358. The molecule has 0 radical (unpaired) electrons. The maximum atomic E-state index is 11.5. The van der Waals surface area contributed by atoms with Crippen LogP contribution in [0.1, 0.15) is 39.7 Å². The molecule has 0 aliphatic carbocycles. The number of carbonyl (C=O) groups excluding carboxylic acids is 1. The molecule has 1 aromatic carbocycles. The van der Waals surface area contributed by atoms with E-state index in [1.165, 1.54) is 0 Å². The summed E-state index contributed by atoms with van der Waals surface area (Å²) < 4.78 is 18.4. The Morgan fingerprint density at radius 3 is 2.79 bits per heavy atom. The van der Waals surface area contributed by atoms with Crippen LogP contribution < -0.4 is 9.64 Å². The number of hydrogen-bond donors (Lipinski definition) is 0. The molecule has 3 aromatic rings. The van der Waals surface area contributed by atoms with E-state index in [1.54, 1.807) is 6.92 Å². The number of benzene rings is 1. The molecule has 176 valence electrons. The number of nitrogens with zero attached hydrogens (tertiary/aromatic N) is 5.